The Kier molecular flexibility index (Phi) is 3.76. The molecule has 1 N–H and O–H groups in total. The van der Waals surface area contributed by atoms with Crippen LogP contribution >= 0.6 is 0 Å². The topological polar surface area (TPSA) is 24.4 Å². The van der Waals surface area contributed by atoms with E-state index in [0.29, 0.717) is 5.92 Å². The quantitative estimate of drug-likeness (QED) is 0.812. The summed E-state index contributed by atoms with van der Waals surface area (Å²) in [4.78, 5) is 4.45. The Morgan fingerprint density at radius 3 is 2.88 bits per heavy atom. The Balaban J connectivity index is 2.07. The third kappa shape index (κ3) is 2.72. The molecule has 2 nitrogen and oxygen atoms in total. The second-order valence-electron chi connectivity index (χ2n) is 4.11. The fourth-order valence-corrected chi connectivity index (χ4v) is 1.98. The van der Waals surface area contributed by atoms with E-state index in [2.05, 4.69) is 35.4 Å². The molecule has 0 bridgehead atoms. The van der Waals surface area contributed by atoms with Gasteiger partial charge in [-0.25, -0.2) is 4.99 Å². The minimum Gasteiger partial charge on any atom is -0.344 e. The number of allylic oxidation sites excluding steroid dienone is 1. The molecule has 16 heavy (non-hydrogen) atoms. The number of anilines is 1. The molecule has 1 atom stereocenters. The molecule has 1 aliphatic rings. The summed E-state index contributed by atoms with van der Waals surface area (Å²) in [5.41, 5.74) is 1.12. The highest BCUT2D eigenvalue weighted by atomic mass is 15.0. The monoisotopic (exact) mass is 214 g/mol. The van der Waals surface area contributed by atoms with Crippen LogP contribution < -0.4 is 5.32 Å². The summed E-state index contributed by atoms with van der Waals surface area (Å²) >= 11 is 0. The molecule has 0 radical (unpaired) electrons. The first-order valence-electron chi connectivity index (χ1n) is 5.95. The van der Waals surface area contributed by atoms with Crippen LogP contribution in [0.4, 0.5) is 5.69 Å². The van der Waals surface area contributed by atoms with Crippen LogP contribution in [0.1, 0.15) is 26.2 Å². The molecule has 1 unspecified atom stereocenters. The van der Waals surface area contributed by atoms with Crippen LogP contribution in [0.5, 0.6) is 0 Å². The molecule has 0 spiro atoms. The molecule has 1 aromatic carbocycles. The van der Waals surface area contributed by atoms with E-state index in [-0.39, 0.29) is 0 Å². The number of hydrogen-bond donors (Lipinski definition) is 1. The van der Waals surface area contributed by atoms with Crippen molar-refractivity contribution >= 4 is 11.5 Å². The number of aliphatic imine (C=N–C) groups is 1. The van der Waals surface area contributed by atoms with Crippen molar-refractivity contribution in [3.63, 3.8) is 0 Å². The number of para-hydroxylation sites is 1. The van der Waals surface area contributed by atoms with E-state index in [4.69, 9.17) is 0 Å². The third-order valence-electron chi connectivity index (χ3n) is 2.81. The fourth-order valence-electron chi connectivity index (χ4n) is 1.98. The summed E-state index contributed by atoms with van der Waals surface area (Å²) in [6.45, 7) is 2.22. The molecule has 0 amide bonds. The summed E-state index contributed by atoms with van der Waals surface area (Å²) in [6, 6.07) is 10.2. The normalized spacial score (nSPS) is 19.3. The molecule has 2 rings (SSSR count). The second-order valence-corrected chi connectivity index (χ2v) is 4.11. The molecule has 0 saturated carbocycles. The van der Waals surface area contributed by atoms with E-state index < -0.39 is 0 Å². The number of benzene rings is 1. The molecule has 1 aliphatic heterocycles. The molecule has 0 fully saturated rings. The number of nitrogens with zero attached hydrogens (tertiary/aromatic N) is 1. The fraction of sp³-hybridized carbons (Fsp3) is 0.357. The smallest absolute Gasteiger partial charge is 0.109 e. The second kappa shape index (κ2) is 5.50. The van der Waals surface area contributed by atoms with Crippen molar-refractivity contribution in [3.8, 4) is 0 Å². The van der Waals surface area contributed by atoms with E-state index in [1.807, 2.05) is 24.4 Å². The maximum Gasteiger partial charge on any atom is 0.109 e. The summed E-state index contributed by atoms with van der Waals surface area (Å²) in [5, 5.41) is 3.41. The van der Waals surface area contributed by atoms with E-state index in [1.54, 1.807) is 0 Å². The van der Waals surface area contributed by atoms with Crippen LogP contribution in [-0.4, -0.2) is 5.84 Å². The van der Waals surface area contributed by atoms with Crippen molar-refractivity contribution in [1.82, 2.24) is 0 Å². The van der Waals surface area contributed by atoms with Gasteiger partial charge in [0.2, 0.25) is 0 Å². The number of nitrogens with one attached hydrogen (secondary N) is 1. The van der Waals surface area contributed by atoms with Gasteiger partial charge in [-0.1, -0.05) is 37.6 Å². The molecule has 0 aromatic heterocycles. The Bertz CT molecular complexity index is 379. The van der Waals surface area contributed by atoms with Crippen LogP contribution in [0, 0.1) is 5.92 Å². The minimum atomic E-state index is 0.551. The first-order chi connectivity index (χ1) is 7.90. The van der Waals surface area contributed by atoms with Crippen molar-refractivity contribution in [2.24, 2.45) is 10.9 Å². The number of rotatable bonds is 3. The molecular formula is C14H18N2. The summed E-state index contributed by atoms with van der Waals surface area (Å²) < 4.78 is 0. The maximum atomic E-state index is 4.45. The van der Waals surface area contributed by atoms with Crippen molar-refractivity contribution in [2.45, 2.75) is 26.2 Å². The van der Waals surface area contributed by atoms with Gasteiger partial charge in [0.1, 0.15) is 5.84 Å². The molecule has 1 aromatic rings. The lowest BCUT2D eigenvalue weighted by molar-refractivity contribution is 0.613. The van der Waals surface area contributed by atoms with Gasteiger partial charge in [-0.2, -0.15) is 0 Å². The molecule has 2 heteroatoms. The van der Waals surface area contributed by atoms with Crippen molar-refractivity contribution in [2.75, 3.05) is 5.32 Å². The van der Waals surface area contributed by atoms with E-state index in [1.165, 1.54) is 12.8 Å². The number of amidine groups is 1. The van der Waals surface area contributed by atoms with E-state index >= 15 is 0 Å². The van der Waals surface area contributed by atoms with Gasteiger partial charge in [0.25, 0.3) is 0 Å². The van der Waals surface area contributed by atoms with Gasteiger partial charge in [0, 0.05) is 17.8 Å². The standard InChI is InChI=1S/C14H18N2/c1-2-7-12-8-6-11-15-14(12)16-13-9-4-3-5-10-13/h3-6,9-12H,2,7-8H2,1H3,(H,15,16). The van der Waals surface area contributed by atoms with Gasteiger partial charge in [-0.15, -0.1) is 0 Å². The van der Waals surface area contributed by atoms with Crippen LogP contribution in [0.3, 0.4) is 0 Å². The molecule has 0 aliphatic carbocycles. The predicted octanol–water partition coefficient (Wildman–Crippen LogP) is 3.83. The lowest BCUT2D eigenvalue weighted by Gasteiger charge is -2.20. The van der Waals surface area contributed by atoms with Gasteiger partial charge in [0.05, 0.1) is 0 Å². The van der Waals surface area contributed by atoms with Crippen LogP contribution in [0.15, 0.2) is 47.6 Å². The summed E-state index contributed by atoms with van der Waals surface area (Å²) in [7, 11) is 0. The zero-order valence-electron chi connectivity index (χ0n) is 9.69. The molecule has 1 heterocycles. The molecular weight excluding hydrogens is 196 g/mol. The van der Waals surface area contributed by atoms with Crippen molar-refractivity contribution in [3.05, 3.63) is 42.6 Å². The zero-order valence-corrected chi connectivity index (χ0v) is 9.69. The van der Waals surface area contributed by atoms with Crippen LogP contribution in [0.25, 0.3) is 0 Å². The van der Waals surface area contributed by atoms with Gasteiger partial charge in [0.15, 0.2) is 0 Å². The Morgan fingerprint density at radius 2 is 2.12 bits per heavy atom. The average Bonchev–Trinajstić information content (AvgIpc) is 2.33. The predicted molar refractivity (Wildman–Crippen MR) is 69.7 cm³/mol. The zero-order chi connectivity index (χ0) is 11.2. The maximum absolute atomic E-state index is 4.45. The van der Waals surface area contributed by atoms with Gasteiger partial charge >= 0.3 is 0 Å². The lowest BCUT2D eigenvalue weighted by atomic mass is 9.96. The van der Waals surface area contributed by atoms with Crippen molar-refractivity contribution < 1.29 is 0 Å². The van der Waals surface area contributed by atoms with E-state index in [0.717, 1.165) is 17.9 Å². The SMILES string of the molecule is CCCC1CC=CN=C1Nc1ccccc1. The third-order valence-corrected chi connectivity index (χ3v) is 2.81. The first-order valence-corrected chi connectivity index (χ1v) is 5.95. The lowest BCUT2D eigenvalue weighted by Crippen LogP contribution is -2.24. The van der Waals surface area contributed by atoms with Gasteiger partial charge in [-0.3, -0.25) is 0 Å². The largest absolute Gasteiger partial charge is 0.344 e. The van der Waals surface area contributed by atoms with Gasteiger partial charge in [-0.05, 0) is 25.0 Å². The van der Waals surface area contributed by atoms with E-state index in [9.17, 15) is 0 Å². The summed E-state index contributed by atoms with van der Waals surface area (Å²) in [6.07, 6.45) is 7.55. The summed E-state index contributed by atoms with van der Waals surface area (Å²) in [5.74, 6) is 1.66. The first kappa shape index (κ1) is 10.9. The highest BCUT2D eigenvalue weighted by molar-refractivity contribution is 5.98. The highest BCUT2D eigenvalue weighted by Crippen LogP contribution is 2.19. The highest BCUT2D eigenvalue weighted by Gasteiger charge is 2.15. The van der Waals surface area contributed by atoms with Crippen LogP contribution in [-0.2, 0) is 0 Å². The van der Waals surface area contributed by atoms with Crippen LogP contribution in [0.2, 0.25) is 0 Å². The molecule has 0 saturated heterocycles. The average molecular weight is 214 g/mol. The minimum absolute atomic E-state index is 0.551. The number of hydrogen-bond acceptors (Lipinski definition) is 2. The Hall–Kier alpha value is -1.57. The Morgan fingerprint density at radius 1 is 1.31 bits per heavy atom. The molecule has 84 valence electrons. The Labute approximate surface area is 97.1 Å². The van der Waals surface area contributed by atoms with Gasteiger partial charge < -0.3 is 5.32 Å². The van der Waals surface area contributed by atoms with Crippen molar-refractivity contribution in [1.29, 1.82) is 0 Å².